The summed E-state index contributed by atoms with van der Waals surface area (Å²) in [6.45, 7) is 5.10. The first-order chi connectivity index (χ1) is 9.71. The Balaban J connectivity index is 1.97. The molecule has 7 heteroatoms. The van der Waals surface area contributed by atoms with E-state index in [4.69, 9.17) is 4.55 Å². The van der Waals surface area contributed by atoms with Gasteiger partial charge in [-0.3, -0.25) is 4.55 Å². The number of rotatable bonds is 6. The number of aromatic amines is 1. The second kappa shape index (κ2) is 5.98. The quantitative estimate of drug-likeness (QED) is 0.794. The van der Waals surface area contributed by atoms with E-state index in [1.54, 1.807) is 11.8 Å². The van der Waals surface area contributed by atoms with Crippen LogP contribution in [0, 0.1) is 0 Å². The van der Waals surface area contributed by atoms with Crippen LogP contribution in [0.25, 0.3) is 11.0 Å². The molecule has 1 atom stereocenters. The molecule has 0 fully saturated rings. The Hall–Kier alpha value is -1.05. The molecule has 2 N–H and O–H groups in total. The van der Waals surface area contributed by atoms with Crippen molar-refractivity contribution in [1.82, 2.24) is 9.97 Å². The molecule has 116 valence electrons. The van der Waals surface area contributed by atoms with E-state index in [-0.39, 0.29) is 5.25 Å². The van der Waals surface area contributed by atoms with Crippen molar-refractivity contribution >= 4 is 32.9 Å². The summed E-state index contributed by atoms with van der Waals surface area (Å²) in [6, 6.07) is 7.83. The lowest BCUT2D eigenvalue weighted by Gasteiger charge is -2.21. The first-order valence-corrected chi connectivity index (χ1v) is 9.23. The zero-order valence-corrected chi connectivity index (χ0v) is 14.0. The lowest BCUT2D eigenvalue weighted by atomic mass is 10.1. The minimum Gasteiger partial charge on any atom is -0.341 e. The SMILES string of the molecule is CC(SCCC(C)(C)S(=O)(=O)O)c1nc2ccccc2[nH]1. The number of nitrogens with one attached hydrogen (secondary N) is 1. The third-order valence-corrected chi connectivity index (χ3v) is 6.33. The molecule has 0 aliphatic carbocycles. The smallest absolute Gasteiger partial charge is 0.270 e. The fourth-order valence-corrected chi connectivity index (χ4v) is 3.59. The Morgan fingerprint density at radius 1 is 1.38 bits per heavy atom. The predicted octanol–water partition coefficient (Wildman–Crippen LogP) is 3.41. The van der Waals surface area contributed by atoms with Crippen molar-refractivity contribution in [3.63, 3.8) is 0 Å². The van der Waals surface area contributed by atoms with Crippen LogP contribution in [-0.2, 0) is 10.1 Å². The van der Waals surface area contributed by atoms with E-state index in [2.05, 4.69) is 9.97 Å². The van der Waals surface area contributed by atoms with E-state index in [1.807, 2.05) is 31.2 Å². The number of benzene rings is 1. The Morgan fingerprint density at radius 3 is 2.67 bits per heavy atom. The molecular weight excluding hydrogens is 308 g/mol. The molecule has 21 heavy (non-hydrogen) atoms. The Labute approximate surface area is 129 Å². The molecule has 0 radical (unpaired) electrons. The number of aromatic nitrogens is 2. The fourth-order valence-electron chi connectivity index (χ4n) is 1.85. The number of hydrogen-bond acceptors (Lipinski definition) is 4. The summed E-state index contributed by atoms with van der Waals surface area (Å²) in [5.41, 5.74) is 1.93. The zero-order valence-electron chi connectivity index (χ0n) is 12.3. The van der Waals surface area contributed by atoms with E-state index in [9.17, 15) is 8.42 Å². The van der Waals surface area contributed by atoms with Crippen molar-refractivity contribution in [1.29, 1.82) is 0 Å². The van der Waals surface area contributed by atoms with Crippen LogP contribution in [0.5, 0.6) is 0 Å². The third-order valence-electron chi connectivity index (χ3n) is 3.56. The fraction of sp³-hybridized carbons (Fsp3) is 0.500. The van der Waals surface area contributed by atoms with Gasteiger partial charge in [-0.05, 0) is 45.1 Å². The normalized spacial score (nSPS) is 14.5. The minimum absolute atomic E-state index is 0.134. The Morgan fingerprint density at radius 2 is 2.05 bits per heavy atom. The standard InChI is InChI=1S/C14H20N2O3S2/c1-10(20-9-8-14(2,3)21(17,18)19)13-15-11-6-4-5-7-12(11)16-13/h4-7,10H,8-9H2,1-3H3,(H,15,16)(H,17,18,19). The summed E-state index contributed by atoms with van der Waals surface area (Å²) in [6.07, 6.45) is 0.390. The van der Waals surface area contributed by atoms with Gasteiger partial charge in [-0.1, -0.05) is 12.1 Å². The van der Waals surface area contributed by atoms with Crippen molar-refractivity contribution < 1.29 is 13.0 Å². The van der Waals surface area contributed by atoms with Crippen molar-refractivity contribution in [3.8, 4) is 0 Å². The summed E-state index contributed by atoms with van der Waals surface area (Å²) in [5, 5.41) is 0.134. The van der Waals surface area contributed by atoms with Crippen LogP contribution in [-0.4, -0.2) is 33.4 Å². The van der Waals surface area contributed by atoms with Crippen LogP contribution in [0.4, 0.5) is 0 Å². The average molecular weight is 328 g/mol. The number of nitrogens with zero attached hydrogens (tertiary/aromatic N) is 1. The first kappa shape index (κ1) is 16.3. The molecule has 0 aliphatic heterocycles. The van der Waals surface area contributed by atoms with Crippen molar-refractivity contribution in [3.05, 3.63) is 30.1 Å². The number of para-hydroxylation sites is 2. The van der Waals surface area contributed by atoms with Crippen LogP contribution >= 0.6 is 11.8 Å². The molecule has 1 aromatic heterocycles. The van der Waals surface area contributed by atoms with E-state index >= 15 is 0 Å². The second-order valence-electron chi connectivity index (χ2n) is 5.64. The topological polar surface area (TPSA) is 83.1 Å². The van der Waals surface area contributed by atoms with Crippen LogP contribution in [0.2, 0.25) is 0 Å². The number of fused-ring (bicyclic) bond motifs is 1. The molecular formula is C14H20N2O3S2. The summed E-state index contributed by atoms with van der Waals surface area (Å²) in [5.74, 6) is 1.51. The van der Waals surface area contributed by atoms with Crippen LogP contribution < -0.4 is 0 Å². The summed E-state index contributed by atoms with van der Waals surface area (Å²) < 4.78 is 30.5. The van der Waals surface area contributed by atoms with Crippen LogP contribution in [0.15, 0.2) is 24.3 Å². The average Bonchev–Trinajstić information content (AvgIpc) is 2.80. The van der Waals surface area contributed by atoms with E-state index in [0.29, 0.717) is 12.2 Å². The van der Waals surface area contributed by atoms with Gasteiger partial charge in [-0.2, -0.15) is 20.2 Å². The molecule has 1 heterocycles. The molecule has 5 nitrogen and oxygen atoms in total. The maximum absolute atomic E-state index is 11.2. The van der Waals surface area contributed by atoms with Crippen molar-refractivity contribution in [2.24, 2.45) is 0 Å². The number of thioether (sulfide) groups is 1. The van der Waals surface area contributed by atoms with Crippen molar-refractivity contribution in [2.45, 2.75) is 37.2 Å². The van der Waals surface area contributed by atoms with Gasteiger partial charge in [0, 0.05) is 0 Å². The number of H-pyrrole nitrogens is 1. The van der Waals surface area contributed by atoms with Gasteiger partial charge in [-0.15, -0.1) is 0 Å². The van der Waals surface area contributed by atoms with Gasteiger partial charge in [0.15, 0.2) is 0 Å². The van der Waals surface area contributed by atoms with Crippen LogP contribution in [0.3, 0.4) is 0 Å². The molecule has 0 bridgehead atoms. The molecule has 0 aliphatic rings. The maximum atomic E-state index is 11.2. The van der Waals surface area contributed by atoms with Gasteiger partial charge >= 0.3 is 0 Å². The first-order valence-electron chi connectivity index (χ1n) is 6.74. The zero-order chi connectivity index (χ0) is 15.7. The number of imidazole rings is 1. The molecule has 2 aromatic rings. The highest BCUT2D eigenvalue weighted by molar-refractivity contribution is 7.99. The highest BCUT2D eigenvalue weighted by atomic mass is 32.2. The largest absolute Gasteiger partial charge is 0.341 e. The van der Waals surface area contributed by atoms with Gasteiger partial charge < -0.3 is 4.98 Å². The van der Waals surface area contributed by atoms with Gasteiger partial charge in [0.25, 0.3) is 10.1 Å². The molecule has 0 saturated carbocycles. The van der Waals surface area contributed by atoms with Crippen LogP contribution in [0.1, 0.15) is 38.3 Å². The lowest BCUT2D eigenvalue weighted by molar-refractivity contribution is 0.438. The summed E-state index contributed by atoms with van der Waals surface area (Å²) in [4.78, 5) is 7.81. The highest BCUT2D eigenvalue weighted by Gasteiger charge is 2.32. The second-order valence-corrected chi connectivity index (χ2v) is 9.14. The van der Waals surface area contributed by atoms with Gasteiger partial charge in [0.1, 0.15) is 5.82 Å². The van der Waals surface area contributed by atoms with E-state index in [0.717, 1.165) is 16.9 Å². The molecule has 0 amide bonds. The van der Waals surface area contributed by atoms with E-state index in [1.165, 1.54) is 13.8 Å². The molecule has 0 spiro atoms. The molecule has 1 aromatic carbocycles. The monoisotopic (exact) mass is 328 g/mol. The highest BCUT2D eigenvalue weighted by Crippen LogP contribution is 2.31. The van der Waals surface area contributed by atoms with Gasteiger partial charge in [0.05, 0.1) is 21.0 Å². The minimum atomic E-state index is -4.02. The summed E-state index contributed by atoms with van der Waals surface area (Å²) >= 11 is 1.62. The van der Waals surface area contributed by atoms with E-state index < -0.39 is 14.9 Å². The Bertz CT molecular complexity index is 690. The molecule has 0 saturated heterocycles. The predicted molar refractivity (Wildman–Crippen MR) is 87.2 cm³/mol. The van der Waals surface area contributed by atoms with Gasteiger partial charge in [0.2, 0.25) is 0 Å². The third kappa shape index (κ3) is 3.78. The molecule has 2 rings (SSSR count). The molecule has 1 unspecified atom stereocenters. The maximum Gasteiger partial charge on any atom is 0.270 e. The number of hydrogen-bond donors (Lipinski definition) is 2. The van der Waals surface area contributed by atoms with Crippen molar-refractivity contribution in [2.75, 3.05) is 5.75 Å². The summed E-state index contributed by atoms with van der Waals surface area (Å²) in [7, 11) is -4.02. The van der Waals surface area contributed by atoms with Gasteiger partial charge in [-0.25, -0.2) is 4.98 Å². The lowest BCUT2D eigenvalue weighted by Crippen LogP contribution is -2.31. The Kier molecular flexibility index (Phi) is 4.65.